The van der Waals surface area contributed by atoms with Gasteiger partial charge in [0.2, 0.25) is 11.5 Å². The van der Waals surface area contributed by atoms with Gasteiger partial charge in [-0.15, -0.1) is 0 Å². The summed E-state index contributed by atoms with van der Waals surface area (Å²) in [5.41, 5.74) is 4.26. The Morgan fingerprint density at radius 3 is 2.56 bits per heavy atom. The molecule has 4 rings (SSSR count). The van der Waals surface area contributed by atoms with Crippen LogP contribution in [0.1, 0.15) is 32.4 Å². The van der Waals surface area contributed by atoms with Crippen LogP contribution in [-0.4, -0.2) is 34.4 Å². The number of hydrogen-bond donors (Lipinski definition) is 1. The lowest BCUT2D eigenvalue weighted by molar-refractivity contribution is -0.131. The highest BCUT2D eigenvalue weighted by Gasteiger charge is 2.18. The normalized spacial score (nSPS) is 11.3. The lowest BCUT2D eigenvalue weighted by atomic mass is 10.00. The largest absolute Gasteiger partial charge is 0.345 e. The number of pyridine rings is 2. The summed E-state index contributed by atoms with van der Waals surface area (Å²) in [4.78, 5) is 31.9. The second-order valence-corrected chi connectivity index (χ2v) is 7.92. The lowest BCUT2D eigenvalue weighted by Crippen LogP contribution is -2.32. The van der Waals surface area contributed by atoms with Crippen LogP contribution in [-0.2, 0) is 11.2 Å². The van der Waals surface area contributed by atoms with Crippen LogP contribution in [0.3, 0.4) is 0 Å². The molecular weight excluding hydrogens is 398 g/mol. The topological polar surface area (TPSA) is 66.1 Å². The Labute approximate surface area is 191 Å². The van der Waals surface area contributed by atoms with Gasteiger partial charge in [-0.1, -0.05) is 48.0 Å². The monoisotopic (exact) mass is 431 g/mol. The van der Waals surface area contributed by atoms with E-state index >= 15 is 0 Å². The summed E-state index contributed by atoms with van der Waals surface area (Å²) in [7, 11) is 1.86. The highest BCUT2D eigenvalue weighted by atomic mass is 16.2. The maximum Gasteiger partial charge on any atom is 0.248 e. The van der Waals surface area contributed by atoms with Gasteiger partial charge in [-0.3, -0.25) is 14.6 Å². The lowest BCUT2D eigenvalue weighted by Gasteiger charge is -2.21. The molecule has 5 heteroatoms. The minimum atomic E-state index is -0.102. The summed E-state index contributed by atoms with van der Waals surface area (Å²) in [6, 6.07) is 23.2. The van der Waals surface area contributed by atoms with Crippen LogP contribution >= 0.6 is 0 Å². The van der Waals surface area contributed by atoms with Crippen molar-refractivity contribution in [2.45, 2.75) is 26.2 Å². The first-order valence-electron chi connectivity index (χ1n) is 10.7. The number of nitrogens with zero attached hydrogens (tertiary/aromatic N) is 2. The van der Waals surface area contributed by atoms with Gasteiger partial charge >= 0.3 is 0 Å². The number of rotatable bonds is 5. The van der Waals surface area contributed by atoms with Gasteiger partial charge in [-0.25, -0.2) is 0 Å². The van der Waals surface area contributed by atoms with Crippen molar-refractivity contribution in [1.29, 1.82) is 0 Å². The number of carbonyl (C=O) groups is 1. The molecule has 0 fully saturated rings. The van der Waals surface area contributed by atoms with Crippen LogP contribution in [0.15, 0.2) is 90.0 Å². The summed E-state index contributed by atoms with van der Waals surface area (Å²) >= 11 is 0. The molecule has 0 saturated heterocycles. The maximum absolute atomic E-state index is 12.4. The fourth-order valence-corrected chi connectivity index (χ4v) is 3.44. The van der Waals surface area contributed by atoms with Crippen molar-refractivity contribution in [3.63, 3.8) is 0 Å². The van der Waals surface area contributed by atoms with Crippen molar-refractivity contribution in [2.24, 2.45) is 0 Å². The molecule has 0 bridgehead atoms. The molecule has 0 radical (unpaired) electrons. The van der Waals surface area contributed by atoms with Crippen molar-refractivity contribution in [2.75, 3.05) is 13.6 Å². The predicted molar refractivity (Wildman–Crippen MR) is 134 cm³/mol. The summed E-state index contributed by atoms with van der Waals surface area (Å²) in [6.07, 6.45) is 4.44. The van der Waals surface area contributed by atoms with E-state index < -0.39 is 0 Å². The molecule has 1 amide bonds. The van der Waals surface area contributed by atoms with Crippen molar-refractivity contribution in [3.8, 4) is 0 Å². The Hall–Kier alpha value is -3.73. The number of H-pyrrole nitrogens is 1. The van der Waals surface area contributed by atoms with E-state index in [1.165, 1.54) is 5.56 Å². The van der Waals surface area contributed by atoms with E-state index in [0.29, 0.717) is 6.54 Å². The summed E-state index contributed by atoms with van der Waals surface area (Å²) < 4.78 is 0. The van der Waals surface area contributed by atoms with Crippen molar-refractivity contribution in [1.82, 2.24) is 14.9 Å². The minimum absolute atomic E-state index is 0. The Kier molecular flexibility index (Phi) is 7.92. The van der Waals surface area contributed by atoms with Gasteiger partial charge in [-0.05, 0) is 61.0 Å². The summed E-state index contributed by atoms with van der Waals surface area (Å²) in [6.45, 7) is 4.70. The Morgan fingerprint density at radius 1 is 1.06 bits per heavy atom. The molecule has 1 unspecified atom stereocenters. The van der Waals surface area contributed by atoms with Crippen LogP contribution in [0.4, 0.5) is 0 Å². The van der Waals surface area contributed by atoms with Gasteiger partial charge in [0.15, 0.2) is 0 Å². The molecule has 4 aromatic rings. The third-order valence-corrected chi connectivity index (χ3v) is 5.38. The standard InChI is InChI=1S/C17H20N2O.C10H9NO.2H2/c1-14(16-8-4-3-5-9-16)17(20)19(2)12-10-15-7-6-11-18-13-15;1-7-2-4-9-8(6-7)3-5-10(12)11-9;;/h3-9,11,13-14H,10,12H2,1-2H3;2-6H,1H3,(H,11,12);2*1H. The average Bonchev–Trinajstić information content (AvgIpc) is 2.83. The predicted octanol–water partition coefficient (Wildman–Crippen LogP) is 5.21. The molecule has 1 atom stereocenters. The molecule has 0 aliphatic heterocycles. The van der Waals surface area contributed by atoms with Crippen molar-refractivity contribution in [3.05, 3.63) is 112 Å². The smallest absolute Gasteiger partial charge is 0.248 e. The molecule has 32 heavy (non-hydrogen) atoms. The number of fused-ring (bicyclic) bond motifs is 1. The van der Waals surface area contributed by atoms with E-state index in [2.05, 4.69) is 9.97 Å². The number of aromatic amines is 1. The zero-order valence-electron chi connectivity index (χ0n) is 18.8. The van der Waals surface area contributed by atoms with E-state index in [9.17, 15) is 9.59 Å². The maximum atomic E-state index is 12.4. The Morgan fingerprint density at radius 2 is 1.84 bits per heavy atom. The Balaban J connectivity index is 0.000000355. The van der Waals surface area contributed by atoms with Gasteiger partial charge in [-0.2, -0.15) is 0 Å². The van der Waals surface area contributed by atoms with Gasteiger partial charge in [0.05, 0.1) is 5.92 Å². The number of aryl methyl sites for hydroxylation is 1. The third-order valence-electron chi connectivity index (χ3n) is 5.38. The number of amides is 1. The van der Waals surface area contributed by atoms with Crippen LogP contribution < -0.4 is 5.56 Å². The molecule has 2 heterocycles. The number of carbonyl (C=O) groups excluding carboxylic acids is 1. The van der Waals surface area contributed by atoms with Gasteiger partial charge < -0.3 is 9.88 Å². The van der Waals surface area contributed by atoms with Gasteiger partial charge in [0, 0.05) is 40.4 Å². The fraction of sp³-hybridized carbons (Fsp3) is 0.222. The zero-order chi connectivity index (χ0) is 22.9. The quantitative estimate of drug-likeness (QED) is 0.471. The minimum Gasteiger partial charge on any atom is -0.345 e. The Bertz CT molecular complexity index is 1210. The molecule has 0 spiro atoms. The number of aromatic nitrogens is 2. The number of likely N-dealkylation sites (N-methyl/N-ethyl adjacent to an activating group) is 1. The van der Waals surface area contributed by atoms with Crippen LogP contribution in [0.25, 0.3) is 10.9 Å². The first-order valence-corrected chi connectivity index (χ1v) is 10.7. The van der Waals surface area contributed by atoms with E-state index in [0.717, 1.165) is 28.5 Å². The first kappa shape index (κ1) is 22.9. The van der Waals surface area contributed by atoms with Crippen molar-refractivity contribution < 1.29 is 7.65 Å². The number of hydrogen-bond acceptors (Lipinski definition) is 3. The highest BCUT2D eigenvalue weighted by Crippen LogP contribution is 2.17. The number of benzene rings is 2. The van der Waals surface area contributed by atoms with E-state index in [1.54, 1.807) is 17.2 Å². The molecule has 0 aliphatic rings. The molecule has 0 aliphatic carbocycles. The SMILES string of the molecule is CC(C(=O)N(C)CCc1cccnc1)c1ccccc1.Cc1ccc2[nH]c(=O)ccc2c1.[HH].[HH]. The second kappa shape index (κ2) is 11.0. The summed E-state index contributed by atoms with van der Waals surface area (Å²) in [5, 5.41) is 1.08. The van der Waals surface area contributed by atoms with Gasteiger partial charge in [0.1, 0.15) is 0 Å². The highest BCUT2D eigenvalue weighted by molar-refractivity contribution is 5.83. The van der Waals surface area contributed by atoms with E-state index in [1.807, 2.05) is 93.8 Å². The molecule has 0 saturated carbocycles. The van der Waals surface area contributed by atoms with Crippen LogP contribution in [0.2, 0.25) is 0 Å². The molecule has 1 N–H and O–H groups in total. The molecular formula is C27H33N3O2. The van der Waals surface area contributed by atoms with E-state index in [4.69, 9.17) is 0 Å². The molecule has 168 valence electrons. The summed E-state index contributed by atoms with van der Waals surface area (Å²) in [5.74, 6) is 0.0511. The molecule has 5 nitrogen and oxygen atoms in total. The first-order chi connectivity index (χ1) is 15.4. The third kappa shape index (κ3) is 6.38. The molecule has 2 aromatic carbocycles. The molecule has 2 aromatic heterocycles. The number of nitrogens with one attached hydrogen (secondary N) is 1. The van der Waals surface area contributed by atoms with Crippen molar-refractivity contribution >= 4 is 16.8 Å². The van der Waals surface area contributed by atoms with E-state index in [-0.39, 0.29) is 20.2 Å². The zero-order valence-corrected chi connectivity index (χ0v) is 18.8. The second-order valence-electron chi connectivity index (χ2n) is 7.92. The fourth-order valence-electron chi connectivity index (χ4n) is 3.44. The average molecular weight is 432 g/mol. The van der Waals surface area contributed by atoms with Crippen LogP contribution in [0.5, 0.6) is 0 Å². The van der Waals surface area contributed by atoms with Gasteiger partial charge in [0.25, 0.3) is 0 Å². The van der Waals surface area contributed by atoms with Crippen LogP contribution in [0, 0.1) is 6.92 Å².